The second-order valence-corrected chi connectivity index (χ2v) is 5.57. The minimum Gasteiger partial charge on any atom is -0.481 e. The van der Waals surface area contributed by atoms with Crippen LogP contribution in [0.15, 0.2) is 0 Å². The Balaban J connectivity index is 2.62. The second kappa shape index (κ2) is 4.89. The third kappa shape index (κ3) is 2.78. The molecule has 0 radical (unpaired) electrons. The van der Waals surface area contributed by atoms with Gasteiger partial charge >= 0.3 is 5.97 Å². The van der Waals surface area contributed by atoms with Gasteiger partial charge in [0.05, 0.1) is 16.9 Å². The van der Waals surface area contributed by atoms with Gasteiger partial charge in [-0.05, 0) is 12.3 Å². The number of nitrogens with zero attached hydrogens (tertiary/aromatic N) is 1. The van der Waals surface area contributed by atoms with Crippen LogP contribution in [0.5, 0.6) is 0 Å². The zero-order valence-electron chi connectivity index (χ0n) is 8.60. The lowest BCUT2D eigenvalue weighted by molar-refractivity contribution is -0.143. The Morgan fingerprint density at radius 3 is 2.71 bits per heavy atom. The lowest BCUT2D eigenvalue weighted by atomic mass is 9.92. The van der Waals surface area contributed by atoms with Gasteiger partial charge in [-0.2, -0.15) is 0 Å². The highest BCUT2D eigenvalue weighted by atomic mass is 32.2. The zero-order valence-corrected chi connectivity index (χ0v) is 9.42. The minimum atomic E-state index is -1.00. The van der Waals surface area contributed by atoms with Gasteiger partial charge in [0.1, 0.15) is 0 Å². The number of carboxylic acids is 1. The number of carbonyl (C=O) groups is 1. The van der Waals surface area contributed by atoms with Crippen molar-refractivity contribution < 1.29 is 14.1 Å². The Bertz CT molecular complexity index is 244. The van der Waals surface area contributed by atoms with Crippen molar-refractivity contribution in [1.82, 2.24) is 4.31 Å². The summed E-state index contributed by atoms with van der Waals surface area (Å²) in [6.45, 7) is 5.05. The predicted molar refractivity (Wildman–Crippen MR) is 55.2 cm³/mol. The topological polar surface area (TPSA) is 57.6 Å². The van der Waals surface area contributed by atoms with E-state index in [4.69, 9.17) is 5.11 Å². The van der Waals surface area contributed by atoms with Crippen LogP contribution in [0.25, 0.3) is 0 Å². The van der Waals surface area contributed by atoms with Crippen molar-refractivity contribution in [3.63, 3.8) is 0 Å². The average molecular weight is 219 g/mol. The smallest absolute Gasteiger partial charge is 0.307 e. The van der Waals surface area contributed by atoms with Gasteiger partial charge < -0.3 is 5.11 Å². The lowest BCUT2D eigenvalue weighted by Gasteiger charge is -2.33. The van der Waals surface area contributed by atoms with Crippen LogP contribution in [0.4, 0.5) is 0 Å². The molecule has 5 heteroatoms. The van der Waals surface area contributed by atoms with E-state index >= 15 is 0 Å². The number of hydrogen-bond acceptors (Lipinski definition) is 2. The molecule has 3 unspecified atom stereocenters. The van der Waals surface area contributed by atoms with Crippen LogP contribution in [0.3, 0.4) is 0 Å². The molecule has 1 aliphatic heterocycles. The second-order valence-electron chi connectivity index (χ2n) is 3.83. The molecule has 1 fully saturated rings. The molecule has 0 spiro atoms. The highest BCUT2D eigenvalue weighted by Crippen LogP contribution is 2.22. The summed E-state index contributed by atoms with van der Waals surface area (Å²) in [6, 6.07) is 0. The third-order valence-electron chi connectivity index (χ3n) is 2.51. The normalized spacial score (nSPS) is 31.3. The van der Waals surface area contributed by atoms with Crippen LogP contribution >= 0.6 is 0 Å². The Labute approximate surface area is 86.9 Å². The van der Waals surface area contributed by atoms with E-state index < -0.39 is 17.0 Å². The summed E-state index contributed by atoms with van der Waals surface area (Å²) in [5.41, 5.74) is 0. The zero-order chi connectivity index (χ0) is 10.7. The van der Waals surface area contributed by atoms with Gasteiger partial charge in [-0.25, -0.2) is 8.51 Å². The van der Waals surface area contributed by atoms with Crippen LogP contribution in [0.2, 0.25) is 0 Å². The van der Waals surface area contributed by atoms with Gasteiger partial charge in [-0.15, -0.1) is 0 Å². The van der Waals surface area contributed by atoms with E-state index in [-0.39, 0.29) is 5.92 Å². The number of aliphatic carboxylic acids is 1. The Morgan fingerprint density at radius 1 is 1.57 bits per heavy atom. The van der Waals surface area contributed by atoms with Crippen LogP contribution in [0, 0.1) is 11.8 Å². The first kappa shape index (κ1) is 11.7. The molecule has 0 aromatic rings. The maximum absolute atomic E-state index is 11.5. The van der Waals surface area contributed by atoms with Crippen molar-refractivity contribution in [1.29, 1.82) is 0 Å². The third-order valence-corrected chi connectivity index (χ3v) is 3.88. The van der Waals surface area contributed by atoms with E-state index in [2.05, 4.69) is 0 Å². The summed E-state index contributed by atoms with van der Waals surface area (Å²) in [7, 11) is -1.00. The first-order chi connectivity index (χ1) is 6.54. The van der Waals surface area contributed by atoms with Crippen LogP contribution in [0.1, 0.15) is 20.3 Å². The van der Waals surface area contributed by atoms with E-state index in [0.29, 0.717) is 24.6 Å². The van der Waals surface area contributed by atoms with E-state index in [9.17, 15) is 9.00 Å². The summed E-state index contributed by atoms with van der Waals surface area (Å²) in [6.07, 6.45) is 0.701. The SMILES string of the molecule is CCS(=O)N1CC(C)CC(C(=O)O)C1. The highest BCUT2D eigenvalue weighted by Gasteiger charge is 2.31. The molecule has 3 atom stereocenters. The molecule has 82 valence electrons. The lowest BCUT2D eigenvalue weighted by Crippen LogP contribution is -2.43. The molecule has 1 saturated heterocycles. The Kier molecular flexibility index (Phi) is 4.07. The molecule has 0 aromatic heterocycles. The number of piperidine rings is 1. The van der Waals surface area contributed by atoms with Gasteiger partial charge in [-0.1, -0.05) is 13.8 Å². The summed E-state index contributed by atoms with van der Waals surface area (Å²) in [5.74, 6) is -0.233. The molecule has 0 saturated carbocycles. The molecule has 1 aliphatic rings. The molecule has 1 rings (SSSR count). The van der Waals surface area contributed by atoms with Crippen LogP contribution < -0.4 is 0 Å². The van der Waals surface area contributed by atoms with Crippen molar-refractivity contribution >= 4 is 17.0 Å². The van der Waals surface area contributed by atoms with Gasteiger partial charge in [0.2, 0.25) is 0 Å². The Morgan fingerprint density at radius 2 is 2.21 bits per heavy atom. The van der Waals surface area contributed by atoms with Crippen molar-refractivity contribution in [2.24, 2.45) is 11.8 Å². The van der Waals surface area contributed by atoms with E-state index in [1.165, 1.54) is 0 Å². The van der Waals surface area contributed by atoms with Crippen molar-refractivity contribution in [3.05, 3.63) is 0 Å². The van der Waals surface area contributed by atoms with Crippen molar-refractivity contribution in [2.45, 2.75) is 20.3 Å². The van der Waals surface area contributed by atoms with Gasteiger partial charge in [0.25, 0.3) is 0 Å². The van der Waals surface area contributed by atoms with Gasteiger partial charge in [0, 0.05) is 18.8 Å². The molecule has 1 heterocycles. The number of rotatable bonds is 3. The van der Waals surface area contributed by atoms with E-state index in [1.807, 2.05) is 13.8 Å². The molecule has 0 amide bonds. The number of carboxylic acid groups (broad SMARTS) is 1. The molecular weight excluding hydrogens is 202 g/mol. The largest absolute Gasteiger partial charge is 0.481 e. The van der Waals surface area contributed by atoms with Crippen LogP contribution in [-0.4, -0.2) is 38.4 Å². The van der Waals surface area contributed by atoms with Gasteiger partial charge in [0.15, 0.2) is 0 Å². The van der Waals surface area contributed by atoms with E-state index in [0.717, 1.165) is 6.54 Å². The fourth-order valence-electron chi connectivity index (χ4n) is 1.83. The quantitative estimate of drug-likeness (QED) is 0.760. The van der Waals surface area contributed by atoms with E-state index in [1.54, 1.807) is 4.31 Å². The summed E-state index contributed by atoms with van der Waals surface area (Å²) >= 11 is 0. The Hall–Kier alpha value is -0.420. The molecule has 0 bridgehead atoms. The molecule has 14 heavy (non-hydrogen) atoms. The standard InChI is InChI=1S/C9H17NO3S/c1-3-14(13)10-5-7(2)4-8(6-10)9(11)12/h7-8H,3-6H2,1-2H3,(H,11,12). The first-order valence-corrected chi connectivity index (χ1v) is 6.18. The maximum atomic E-state index is 11.5. The van der Waals surface area contributed by atoms with Crippen molar-refractivity contribution in [3.8, 4) is 0 Å². The van der Waals surface area contributed by atoms with Crippen LogP contribution in [-0.2, 0) is 15.8 Å². The summed E-state index contributed by atoms with van der Waals surface area (Å²) in [4.78, 5) is 10.8. The van der Waals surface area contributed by atoms with Crippen molar-refractivity contribution in [2.75, 3.05) is 18.8 Å². The minimum absolute atomic E-state index is 0.320. The molecule has 0 aliphatic carbocycles. The first-order valence-electron chi connectivity index (χ1n) is 4.90. The monoisotopic (exact) mass is 219 g/mol. The molecular formula is C9H17NO3S. The molecule has 1 N–H and O–H groups in total. The predicted octanol–water partition coefficient (Wildman–Crippen LogP) is 0.713. The summed E-state index contributed by atoms with van der Waals surface area (Å²) in [5, 5.41) is 8.90. The fraction of sp³-hybridized carbons (Fsp3) is 0.889. The highest BCUT2D eigenvalue weighted by molar-refractivity contribution is 7.82. The molecule has 0 aromatic carbocycles. The fourth-order valence-corrected chi connectivity index (χ4v) is 2.96. The average Bonchev–Trinajstić information content (AvgIpc) is 2.15. The van der Waals surface area contributed by atoms with Gasteiger partial charge in [-0.3, -0.25) is 4.79 Å². The molecule has 4 nitrogen and oxygen atoms in total. The maximum Gasteiger partial charge on any atom is 0.307 e. The number of hydrogen-bond donors (Lipinski definition) is 1. The summed E-state index contributed by atoms with van der Waals surface area (Å²) < 4.78 is 13.3.